The number of rotatable bonds is 9. The number of carbonyl (C=O) groups excluding carboxylic acids is 1. The Labute approximate surface area is 198 Å². The molecule has 1 amide bonds. The van der Waals surface area contributed by atoms with Gasteiger partial charge in [0, 0.05) is 18.2 Å². The third kappa shape index (κ3) is 5.52. The highest BCUT2D eigenvalue weighted by molar-refractivity contribution is 7.92. The molecule has 1 N–H and O–H groups in total. The molecule has 178 valence electrons. The third-order valence-corrected chi connectivity index (χ3v) is 7.12. The minimum Gasteiger partial charge on any atom is -0.497 e. The fraction of sp³-hybridized carbons (Fsp3) is 0.208. The van der Waals surface area contributed by atoms with Crippen molar-refractivity contribution in [3.8, 4) is 5.75 Å². The molecule has 0 spiro atoms. The zero-order valence-corrected chi connectivity index (χ0v) is 19.8. The molecule has 0 aliphatic rings. The number of carbonyl (C=O) groups is 1. The van der Waals surface area contributed by atoms with Gasteiger partial charge in [0.1, 0.15) is 12.3 Å². The van der Waals surface area contributed by atoms with Gasteiger partial charge >= 0.3 is 0 Å². The van der Waals surface area contributed by atoms with Crippen LogP contribution in [0.4, 0.5) is 11.4 Å². The zero-order chi connectivity index (χ0) is 24.9. The first kappa shape index (κ1) is 24.7. The Morgan fingerprint density at radius 3 is 2.32 bits per heavy atom. The van der Waals surface area contributed by atoms with E-state index in [-0.39, 0.29) is 22.8 Å². The molecule has 0 atom stereocenters. The average Bonchev–Trinajstić information content (AvgIpc) is 2.82. The molecule has 0 radical (unpaired) electrons. The van der Waals surface area contributed by atoms with Gasteiger partial charge in [0.05, 0.1) is 22.6 Å². The maximum atomic E-state index is 13.5. The molecule has 0 heterocycles. The molecule has 3 aromatic rings. The van der Waals surface area contributed by atoms with E-state index in [1.807, 2.05) is 31.2 Å². The normalized spacial score (nSPS) is 11.0. The summed E-state index contributed by atoms with van der Waals surface area (Å²) in [5.41, 5.74) is 2.13. The van der Waals surface area contributed by atoms with Crippen molar-refractivity contribution in [3.05, 3.63) is 93.5 Å². The topological polar surface area (TPSA) is 119 Å². The number of ether oxygens (including phenoxy) is 1. The van der Waals surface area contributed by atoms with E-state index in [2.05, 4.69) is 5.32 Å². The summed E-state index contributed by atoms with van der Waals surface area (Å²) in [5, 5.41) is 14.1. The van der Waals surface area contributed by atoms with Crippen LogP contribution < -0.4 is 14.4 Å². The molecule has 3 aromatic carbocycles. The number of nitro groups is 1. The molecule has 0 unspecified atom stereocenters. The highest BCUT2D eigenvalue weighted by Crippen LogP contribution is 2.29. The first-order valence-corrected chi connectivity index (χ1v) is 11.8. The number of sulfonamides is 1. The highest BCUT2D eigenvalue weighted by Gasteiger charge is 2.29. The predicted octanol–water partition coefficient (Wildman–Crippen LogP) is 3.73. The van der Waals surface area contributed by atoms with Gasteiger partial charge in [0.15, 0.2) is 0 Å². The summed E-state index contributed by atoms with van der Waals surface area (Å²) in [6.07, 6.45) is 0. The summed E-state index contributed by atoms with van der Waals surface area (Å²) >= 11 is 0. The lowest BCUT2D eigenvalue weighted by Crippen LogP contribution is -2.40. The average molecular weight is 484 g/mol. The minimum atomic E-state index is -4.31. The Bertz CT molecular complexity index is 1310. The van der Waals surface area contributed by atoms with E-state index in [4.69, 9.17) is 4.74 Å². The van der Waals surface area contributed by atoms with Gasteiger partial charge in [0.25, 0.3) is 15.7 Å². The van der Waals surface area contributed by atoms with E-state index >= 15 is 0 Å². The third-order valence-electron chi connectivity index (χ3n) is 5.35. The number of nitro benzene ring substituents is 1. The summed E-state index contributed by atoms with van der Waals surface area (Å²) in [6, 6.07) is 17.4. The van der Waals surface area contributed by atoms with Gasteiger partial charge in [-0.1, -0.05) is 30.3 Å². The summed E-state index contributed by atoms with van der Waals surface area (Å²) in [5.74, 6) is -0.0136. The number of nitrogens with one attached hydrogen (secondary N) is 1. The number of hydrogen-bond donors (Lipinski definition) is 1. The van der Waals surface area contributed by atoms with Crippen molar-refractivity contribution < 1.29 is 22.9 Å². The van der Waals surface area contributed by atoms with Crippen LogP contribution in [0.3, 0.4) is 0 Å². The maximum absolute atomic E-state index is 13.5. The van der Waals surface area contributed by atoms with E-state index in [1.54, 1.807) is 12.1 Å². The lowest BCUT2D eigenvalue weighted by atomic mass is 10.1. The highest BCUT2D eigenvalue weighted by atomic mass is 32.2. The molecule has 0 bridgehead atoms. The number of benzene rings is 3. The fourth-order valence-electron chi connectivity index (χ4n) is 3.33. The van der Waals surface area contributed by atoms with Gasteiger partial charge in [-0.25, -0.2) is 8.42 Å². The molecule has 9 nitrogen and oxygen atoms in total. The Hall–Kier alpha value is -3.92. The van der Waals surface area contributed by atoms with Gasteiger partial charge < -0.3 is 10.1 Å². The Balaban J connectivity index is 1.94. The van der Waals surface area contributed by atoms with Gasteiger partial charge in [-0.15, -0.1) is 0 Å². The molecule has 10 heteroatoms. The molecular weight excluding hydrogens is 458 g/mol. The largest absolute Gasteiger partial charge is 0.497 e. The van der Waals surface area contributed by atoms with Crippen LogP contribution in [-0.4, -0.2) is 32.9 Å². The van der Waals surface area contributed by atoms with E-state index in [9.17, 15) is 23.3 Å². The Morgan fingerprint density at radius 2 is 1.71 bits per heavy atom. The number of hydrogen-bond acceptors (Lipinski definition) is 6. The van der Waals surface area contributed by atoms with E-state index in [0.29, 0.717) is 11.3 Å². The second-order valence-corrected chi connectivity index (χ2v) is 9.48. The fourth-order valence-corrected chi connectivity index (χ4v) is 4.77. The van der Waals surface area contributed by atoms with Crippen LogP contribution >= 0.6 is 0 Å². The summed E-state index contributed by atoms with van der Waals surface area (Å²) in [6.45, 7) is 3.16. The maximum Gasteiger partial charge on any atom is 0.273 e. The first-order valence-electron chi connectivity index (χ1n) is 10.4. The Morgan fingerprint density at radius 1 is 1.03 bits per heavy atom. The van der Waals surface area contributed by atoms with Crippen molar-refractivity contribution in [3.63, 3.8) is 0 Å². The second-order valence-electron chi connectivity index (χ2n) is 7.62. The van der Waals surface area contributed by atoms with Crippen LogP contribution in [-0.2, 0) is 21.4 Å². The van der Waals surface area contributed by atoms with Crippen molar-refractivity contribution in [2.24, 2.45) is 0 Å². The Kier molecular flexibility index (Phi) is 7.52. The van der Waals surface area contributed by atoms with Gasteiger partial charge in [-0.3, -0.25) is 19.2 Å². The summed E-state index contributed by atoms with van der Waals surface area (Å²) in [7, 11) is -2.83. The van der Waals surface area contributed by atoms with Crippen LogP contribution in [0.5, 0.6) is 5.75 Å². The SMILES string of the molecule is COc1ccc(N(CC(=O)NCc2ccccc2C)S(=O)(=O)c2ccc(C)c([N+](=O)[O-])c2)cc1. The summed E-state index contributed by atoms with van der Waals surface area (Å²) in [4.78, 5) is 23.2. The van der Waals surface area contributed by atoms with E-state index in [0.717, 1.165) is 21.5 Å². The zero-order valence-electron chi connectivity index (χ0n) is 19.0. The van der Waals surface area contributed by atoms with Crippen LogP contribution in [0.2, 0.25) is 0 Å². The standard InChI is InChI=1S/C24H25N3O6S/c1-17-6-4-5-7-19(17)15-25-24(28)16-26(20-9-11-21(33-3)12-10-20)34(31,32)22-13-8-18(2)23(14-22)27(29)30/h4-14H,15-16H2,1-3H3,(H,25,28). The summed E-state index contributed by atoms with van der Waals surface area (Å²) < 4.78 is 33.1. The van der Waals surface area contributed by atoms with Gasteiger partial charge in [0.2, 0.25) is 5.91 Å². The smallest absolute Gasteiger partial charge is 0.273 e. The number of anilines is 1. The molecular formula is C24H25N3O6S. The molecule has 34 heavy (non-hydrogen) atoms. The monoisotopic (exact) mass is 483 g/mol. The lowest BCUT2D eigenvalue weighted by Gasteiger charge is -2.24. The molecule has 0 aliphatic heterocycles. The minimum absolute atomic E-state index is 0.218. The van der Waals surface area contributed by atoms with Crippen LogP contribution in [0.1, 0.15) is 16.7 Å². The van der Waals surface area contributed by atoms with Crippen molar-refractivity contribution in [2.45, 2.75) is 25.3 Å². The van der Waals surface area contributed by atoms with Crippen molar-refractivity contribution in [2.75, 3.05) is 18.0 Å². The van der Waals surface area contributed by atoms with Crippen molar-refractivity contribution in [1.82, 2.24) is 5.32 Å². The van der Waals surface area contributed by atoms with Crippen LogP contribution in [0, 0.1) is 24.0 Å². The van der Waals surface area contributed by atoms with E-state index < -0.39 is 27.4 Å². The molecule has 0 fully saturated rings. The molecule has 0 aromatic heterocycles. The van der Waals surface area contributed by atoms with Gasteiger partial charge in [-0.2, -0.15) is 0 Å². The predicted molar refractivity (Wildman–Crippen MR) is 128 cm³/mol. The second kappa shape index (κ2) is 10.3. The molecule has 0 saturated carbocycles. The number of methoxy groups -OCH3 is 1. The number of amides is 1. The van der Waals surface area contributed by atoms with Crippen LogP contribution in [0.25, 0.3) is 0 Å². The number of nitrogens with zero attached hydrogens (tertiary/aromatic N) is 2. The van der Waals surface area contributed by atoms with Gasteiger partial charge in [-0.05, 0) is 55.3 Å². The molecule has 0 aliphatic carbocycles. The quantitative estimate of drug-likeness (QED) is 0.366. The molecule has 3 rings (SSSR count). The van der Waals surface area contributed by atoms with Crippen molar-refractivity contribution >= 4 is 27.3 Å². The van der Waals surface area contributed by atoms with Crippen molar-refractivity contribution in [1.29, 1.82) is 0 Å². The van der Waals surface area contributed by atoms with Crippen LogP contribution in [0.15, 0.2) is 71.6 Å². The lowest BCUT2D eigenvalue weighted by molar-refractivity contribution is -0.385. The van der Waals surface area contributed by atoms with E-state index in [1.165, 1.54) is 38.3 Å². The molecule has 0 saturated heterocycles. The first-order chi connectivity index (χ1) is 16.1. The number of aryl methyl sites for hydroxylation is 2.